The Labute approximate surface area is 217 Å². The fourth-order valence-corrected chi connectivity index (χ4v) is 5.44. The van der Waals surface area contributed by atoms with E-state index in [9.17, 15) is 18.0 Å². The number of halogens is 2. The maximum Gasteiger partial charge on any atom is 0.409 e. The zero-order chi connectivity index (χ0) is 25.9. The molecule has 2 heterocycles. The average molecular weight is 554 g/mol. The Morgan fingerprint density at radius 3 is 2.28 bits per heavy atom. The number of nitrogens with zero attached hydrogens (tertiary/aromatic N) is 4. The second-order valence-corrected chi connectivity index (χ2v) is 10.4. The molecule has 11 nitrogen and oxygen atoms in total. The van der Waals surface area contributed by atoms with Crippen molar-refractivity contribution in [2.45, 2.75) is 11.8 Å². The zero-order valence-electron chi connectivity index (χ0n) is 19.0. The lowest BCUT2D eigenvalue weighted by molar-refractivity contribution is 0.0933. The van der Waals surface area contributed by atoms with E-state index in [1.807, 2.05) is 0 Å². The van der Waals surface area contributed by atoms with Crippen molar-refractivity contribution in [1.29, 1.82) is 0 Å². The summed E-state index contributed by atoms with van der Waals surface area (Å²) < 4.78 is 37.7. The Bertz CT molecular complexity index is 1350. The molecule has 1 aromatic heterocycles. The maximum atomic E-state index is 13.0. The molecule has 0 radical (unpaired) electrons. The number of rotatable bonds is 6. The van der Waals surface area contributed by atoms with Crippen molar-refractivity contribution < 1.29 is 27.2 Å². The van der Waals surface area contributed by atoms with Gasteiger partial charge in [0.05, 0.1) is 11.5 Å². The summed E-state index contributed by atoms with van der Waals surface area (Å²) in [6.07, 6.45) is -0.463. The number of carbonyl (C=O) groups is 2. The predicted octanol–water partition coefficient (Wildman–Crippen LogP) is 3.76. The third-order valence-corrected chi connectivity index (χ3v) is 7.62. The van der Waals surface area contributed by atoms with Crippen LogP contribution in [0, 0.1) is 0 Å². The first-order chi connectivity index (χ1) is 17.2. The van der Waals surface area contributed by atoms with E-state index in [-0.39, 0.29) is 55.2 Å². The van der Waals surface area contributed by atoms with Crippen LogP contribution in [0.1, 0.15) is 17.3 Å². The molecule has 1 aliphatic rings. The van der Waals surface area contributed by atoms with Crippen LogP contribution in [0.5, 0.6) is 0 Å². The summed E-state index contributed by atoms with van der Waals surface area (Å²) in [4.78, 5) is 25.9. The van der Waals surface area contributed by atoms with Gasteiger partial charge in [0.15, 0.2) is 0 Å². The molecule has 36 heavy (non-hydrogen) atoms. The standard InChI is InChI=1S/C22H21Cl2N5O6S/c1-2-34-22(31)28-7-9-29(10-8-28)36(32,33)18-5-3-14(4-6-18)19(30)25-21-27-26-20(35-21)15-11-16(23)13-17(24)12-15/h3-6,11-13H,2,7-10H2,1H3,(H,25,27,30). The van der Waals surface area contributed by atoms with E-state index >= 15 is 0 Å². The number of piperazine rings is 1. The second-order valence-electron chi connectivity index (χ2n) is 7.64. The maximum absolute atomic E-state index is 13.0. The van der Waals surface area contributed by atoms with E-state index in [1.165, 1.54) is 33.5 Å². The van der Waals surface area contributed by atoms with Crippen LogP contribution in [0.3, 0.4) is 0 Å². The first-order valence-electron chi connectivity index (χ1n) is 10.8. The molecule has 2 amide bonds. The number of benzene rings is 2. The first kappa shape index (κ1) is 25.9. The molecule has 0 atom stereocenters. The highest BCUT2D eigenvalue weighted by atomic mass is 35.5. The van der Waals surface area contributed by atoms with Crippen LogP contribution in [0.2, 0.25) is 10.0 Å². The van der Waals surface area contributed by atoms with Gasteiger partial charge >= 0.3 is 12.1 Å². The second kappa shape index (κ2) is 10.8. The van der Waals surface area contributed by atoms with Crippen LogP contribution in [0.15, 0.2) is 51.8 Å². The largest absolute Gasteiger partial charge is 0.450 e. The van der Waals surface area contributed by atoms with Gasteiger partial charge in [0, 0.05) is 47.4 Å². The molecule has 2 aromatic carbocycles. The minimum absolute atomic E-state index is 0.0292. The van der Waals surface area contributed by atoms with Crippen LogP contribution >= 0.6 is 23.2 Å². The van der Waals surface area contributed by atoms with E-state index in [2.05, 4.69) is 15.5 Å². The van der Waals surface area contributed by atoms with Crippen LogP contribution in [-0.4, -0.2) is 72.6 Å². The summed E-state index contributed by atoms with van der Waals surface area (Å²) >= 11 is 12.0. The van der Waals surface area contributed by atoms with Crippen molar-refractivity contribution in [3.05, 3.63) is 58.1 Å². The van der Waals surface area contributed by atoms with Crippen LogP contribution in [0.4, 0.5) is 10.8 Å². The molecule has 1 fully saturated rings. The number of carbonyl (C=O) groups excluding carboxylic acids is 2. The molecule has 1 N–H and O–H groups in total. The van der Waals surface area contributed by atoms with Crippen LogP contribution < -0.4 is 5.32 Å². The number of sulfonamides is 1. The van der Waals surface area contributed by atoms with Gasteiger partial charge in [0.2, 0.25) is 15.9 Å². The monoisotopic (exact) mass is 553 g/mol. The lowest BCUT2D eigenvalue weighted by Gasteiger charge is -2.33. The smallest absolute Gasteiger partial charge is 0.409 e. The normalized spacial score (nSPS) is 14.5. The SMILES string of the molecule is CCOC(=O)N1CCN(S(=O)(=O)c2ccc(C(=O)Nc3nnc(-c4cc(Cl)cc(Cl)c4)o3)cc2)CC1. The minimum Gasteiger partial charge on any atom is -0.450 e. The fraction of sp³-hybridized carbons (Fsp3) is 0.273. The molecule has 0 saturated carbocycles. The highest BCUT2D eigenvalue weighted by Crippen LogP contribution is 2.27. The third-order valence-electron chi connectivity index (χ3n) is 5.27. The molecular weight excluding hydrogens is 533 g/mol. The highest BCUT2D eigenvalue weighted by molar-refractivity contribution is 7.89. The number of nitrogens with one attached hydrogen (secondary N) is 1. The molecule has 0 unspecified atom stereocenters. The summed E-state index contributed by atoms with van der Waals surface area (Å²) in [5, 5.41) is 10.9. The van der Waals surface area contributed by atoms with Gasteiger partial charge in [-0.15, -0.1) is 5.10 Å². The Morgan fingerprint density at radius 2 is 1.67 bits per heavy atom. The molecule has 4 rings (SSSR count). The van der Waals surface area contributed by atoms with Gasteiger partial charge in [0.25, 0.3) is 5.91 Å². The average Bonchev–Trinajstić information content (AvgIpc) is 3.32. The predicted molar refractivity (Wildman–Crippen MR) is 132 cm³/mol. The highest BCUT2D eigenvalue weighted by Gasteiger charge is 2.30. The Hall–Kier alpha value is -3.19. The van der Waals surface area contributed by atoms with Crippen molar-refractivity contribution in [3.8, 4) is 11.5 Å². The van der Waals surface area contributed by atoms with E-state index < -0.39 is 22.0 Å². The van der Waals surface area contributed by atoms with Gasteiger partial charge in [-0.05, 0) is 49.4 Å². The van der Waals surface area contributed by atoms with Gasteiger partial charge in [-0.3, -0.25) is 10.1 Å². The van der Waals surface area contributed by atoms with Gasteiger partial charge in [-0.2, -0.15) is 4.31 Å². The molecule has 3 aromatic rings. The van der Waals surface area contributed by atoms with Gasteiger partial charge in [-0.25, -0.2) is 13.2 Å². The third kappa shape index (κ3) is 5.78. The van der Waals surface area contributed by atoms with Gasteiger partial charge < -0.3 is 14.1 Å². The molecule has 1 saturated heterocycles. The number of ether oxygens (including phenoxy) is 1. The first-order valence-corrected chi connectivity index (χ1v) is 13.0. The molecule has 0 aliphatic carbocycles. The summed E-state index contributed by atoms with van der Waals surface area (Å²) in [6, 6.07) is 10.0. The molecule has 190 valence electrons. The van der Waals surface area contributed by atoms with E-state index in [4.69, 9.17) is 32.4 Å². The van der Waals surface area contributed by atoms with Crippen molar-refractivity contribution in [2.24, 2.45) is 0 Å². The molecule has 0 spiro atoms. The summed E-state index contributed by atoms with van der Waals surface area (Å²) in [6.45, 7) is 2.70. The fourth-order valence-electron chi connectivity index (χ4n) is 3.49. The Morgan fingerprint density at radius 1 is 1.03 bits per heavy atom. The van der Waals surface area contributed by atoms with Crippen LogP contribution in [-0.2, 0) is 14.8 Å². The molecular formula is C22H21Cl2N5O6S. The van der Waals surface area contributed by atoms with Gasteiger partial charge in [0.1, 0.15) is 0 Å². The van der Waals surface area contributed by atoms with E-state index in [1.54, 1.807) is 25.1 Å². The number of hydrogen-bond donors (Lipinski definition) is 1. The van der Waals surface area contributed by atoms with Crippen molar-refractivity contribution in [2.75, 3.05) is 38.1 Å². The molecule has 0 bridgehead atoms. The lowest BCUT2D eigenvalue weighted by Crippen LogP contribution is -2.50. The zero-order valence-corrected chi connectivity index (χ0v) is 21.3. The minimum atomic E-state index is -3.80. The van der Waals surface area contributed by atoms with Crippen LogP contribution in [0.25, 0.3) is 11.5 Å². The number of amides is 2. The number of hydrogen-bond acceptors (Lipinski definition) is 8. The summed E-state index contributed by atoms with van der Waals surface area (Å²) in [5.41, 5.74) is 0.671. The van der Waals surface area contributed by atoms with Gasteiger partial charge in [-0.1, -0.05) is 28.3 Å². The Balaban J connectivity index is 1.39. The number of aromatic nitrogens is 2. The molecule has 1 aliphatic heterocycles. The number of anilines is 1. The quantitative estimate of drug-likeness (QED) is 0.487. The van der Waals surface area contributed by atoms with Crippen molar-refractivity contribution >= 4 is 51.2 Å². The van der Waals surface area contributed by atoms with Crippen molar-refractivity contribution in [1.82, 2.24) is 19.4 Å². The molecule has 14 heteroatoms. The summed E-state index contributed by atoms with van der Waals surface area (Å²) in [7, 11) is -3.80. The lowest BCUT2D eigenvalue weighted by atomic mass is 10.2. The van der Waals surface area contributed by atoms with Crippen molar-refractivity contribution in [3.63, 3.8) is 0 Å². The van der Waals surface area contributed by atoms with E-state index in [0.717, 1.165) is 0 Å². The topological polar surface area (TPSA) is 135 Å². The summed E-state index contributed by atoms with van der Waals surface area (Å²) in [5.74, 6) is -0.458. The van der Waals surface area contributed by atoms with E-state index in [0.29, 0.717) is 15.6 Å². The Kier molecular flexibility index (Phi) is 7.79.